The van der Waals surface area contributed by atoms with Crippen LogP contribution in [0.3, 0.4) is 0 Å². The van der Waals surface area contributed by atoms with Gasteiger partial charge in [0.25, 0.3) is 5.56 Å². The molecule has 0 fully saturated rings. The van der Waals surface area contributed by atoms with Crippen molar-refractivity contribution in [1.82, 2.24) is 24.5 Å². The van der Waals surface area contributed by atoms with Crippen molar-refractivity contribution in [2.24, 2.45) is 7.05 Å². The van der Waals surface area contributed by atoms with Gasteiger partial charge in [-0.15, -0.1) is 0 Å². The second-order valence-corrected chi connectivity index (χ2v) is 6.28. The topological polar surface area (TPSA) is 80.0 Å². The average Bonchev–Trinajstić information content (AvgIpc) is 2.75. The molecule has 0 radical (unpaired) electrons. The van der Waals surface area contributed by atoms with E-state index in [2.05, 4.69) is 38.6 Å². The van der Waals surface area contributed by atoms with Gasteiger partial charge in [0.2, 0.25) is 11.9 Å². The SMILES string of the molecule is CCN(CCN(CC)c1nc(-c2ccncc2)cc(=O)n1C)c1ncccn1. The second kappa shape index (κ2) is 9.07. The van der Waals surface area contributed by atoms with Crippen LogP contribution in [0.2, 0.25) is 0 Å². The van der Waals surface area contributed by atoms with E-state index in [9.17, 15) is 4.79 Å². The summed E-state index contributed by atoms with van der Waals surface area (Å²) < 4.78 is 1.59. The molecule has 3 aromatic rings. The molecule has 0 saturated heterocycles. The summed E-state index contributed by atoms with van der Waals surface area (Å²) in [6.45, 7) is 7.08. The summed E-state index contributed by atoms with van der Waals surface area (Å²) >= 11 is 0. The van der Waals surface area contributed by atoms with Crippen molar-refractivity contribution in [3.63, 3.8) is 0 Å². The van der Waals surface area contributed by atoms with E-state index in [0.717, 1.165) is 25.2 Å². The summed E-state index contributed by atoms with van der Waals surface area (Å²) in [6.07, 6.45) is 6.88. The first-order valence-corrected chi connectivity index (χ1v) is 9.39. The van der Waals surface area contributed by atoms with Gasteiger partial charge in [-0.1, -0.05) is 0 Å². The van der Waals surface area contributed by atoms with E-state index >= 15 is 0 Å². The molecule has 28 heavy (non-hydrogen) atoms. The molecule has 8 heteroatoms. The van der Waals surface area contributed by atoms with Gasteiger partial charge < -0.3 is 9.80 Å². The molecule has 0 aliphatic heterocycles. The minimum Gasteiger partial charge on any atom is -0.341 e. The highest BCUT2D eigenvalue weighted by Crippen LogP contribution is 2.18. The number of nitrogens with zero attached hydrogens (tertiary/aromatic N) is 7. The monoisotopic (exact) mass is 379 g/mol. The Morgan fingerprint density at radius 3 is 2.25 bits per heavy atom. The first-order chi connectivity index (χ1) is 13.6. The van der Waals surface area contributed by atoms with Gasteiger partial charge in [0.05, 0.1) is 5.69 Å². The summed E-state index contributed by atoms with van der Waals surface area (Å²) in [5.41, 5.74) is 1.43. The minimum atomic E-state index is -0.0889. The number of likely N-dealkylation sites (N-methyl/N-ethyl adjacent to an activating group) is 2. The Balaban J connectivity index is 1.85. The molecule has 0 aliphatic rings. The molecule has 0 atom stereocenters. The summed E-state index contributed by atoms with van der Waals surface area (Å²) in [5, 5.41) is 0. The standard InChI is InChI=1S/C20H25N7O/c1-4-26(19-22-9-6-10-23-19)13-14-27(5-2)20-24-17(15-18(28)25(20)3)16-7-11-21-12-8-16/h6-12,15H,4-5,13-14H2,1-3H3. The minimum absolute atomic E-state index is 0.0889. The third kappa shape index (κ3) is 4.33. The fraction of sp³-hybridized carbons (Fsp3) is 0.350. The Hall–Kier alpha value is -3.29. The summed E-state index contributed by atoms with van der Waals surface area (Å²) in [5.74, 6) is 1.35. The molecule has 3 rings (SSSR count). The highest BCUT2D eigenvalue weighted by molar-refractivity contribution is 5.59. The Labute approximate surface area is 164 Å². The van der Waals surface area contributed by atoms with Crippen molar-refractivity contribution >= 4 is 11.9 Å². The van der Waals surface area contributed by atoms with Gasteiger partial charge in [0.1, 0.15) is 0 Å². The predicted octanol–water partition coefficient (Wildman–Crippen LogP) is 1.99. The van der Waals surface area contributed by atoms with Crippen LogP contribution in [-0.2, 0) is 7.05 Å². The lowest BCUT2D eigenvalue weighted by Crippen LogP contribution is -2.39. The number of aromatic nitrogens is 5. The lowest BCUT2D eigenvalue weighted by atomic mass is 10.2. The molecule has 3 heterocycles. The molecule has 0 aromatic carbocycles. The predicted molar refractivity (Wildman–Crippen MR) is 111 cm³/mol. The highest BCUT2D eigenvalue weighted by atomic mass is 16.1. The van der Waals surface area contributed by atoms with Crippen LogP contribution >= 0.6 is 0 Å². The molecule has 0 spiro atoms. The van der Waals surface area contributed by atoms with Gasteiger partial charge in [-0.05, 0) is 32.0 Å². The number of hydrogen-bond acceptors (Lipinski definition) is 7. The summed E-state index contributed by atoms with van der Waals surface area (Å²) in [7, 11) is 1.75. The van der Waals surface area contributed by atoms with E-state index < -0.39 is 0 Å². The first kappa shape index (κ1) is 19.5. The normalized spacial score (nSPS) is 10.7. The zero-order valence-corrected chi connectivity index (χ0v) is 16.5. The van der Waals surface area contributed by atoms with Crippen LogP contribution in [0.1, 0.15) is 13.8 Å². The van der Waals surface area contributed by atoms with Crippen LogP contribution in [0.25, 0.3) is 11.3 Å². The second-order valence-electron chi connectivity index (χ2n) is 6.28. The van der Waals surface area contributed by atoms with E-state index in [0.29, 0.717) is 24.1 Å². The van der Waals surface area contributed by atoms with E-state index in [1.165, 1.54) is 0 Å². The molecule has 146 valence electrons. The van der Waals surface area contributed by atoms with Gasteiger partial charge in [-0.3, -0.25) is 14.3 Å². The lowest BCUT2D eigenvalue weighted by molar-refractivity contribution is 0.689. The molecular weight excluding hydrogens is 354 g/mol. The fourth-order valence-electron chi connectivity index (χ4n) is 2.98. The van der Waals surface area contributed by atoms with Crippen LogP contribution in [0.4, 0.5) is 11.9 Å². The van der Waals surface area contributed by atoms with Crippen molar-refractivity contribution in [3.05, 3.63) is 59.4 Å². The maximum atomic E-state index is 12.5. The number of rotatable bonds is 8. The fourth-order valence-corrected chi connectivity index (χ4v) is 2.98. The lowest BCUT2D eigenvalue weighted by Gasteiger charge is -2.28. The summed E-state index contributed by atoms with van der Waals surface area (Å²) in [6, 6.07) is 7.07. The molecule has 0 N–H and O–H groups in total. The van der Waals surface area contributed by atoms with E-state index in [1.807, 2.05) is 12.1 Å². The zero-order chi connectivity index (χ0) is 19.9. The van der Waals surface area contributed by atoms with Gasteiger partial charge in [0.15, 0.2) is 0 Å². The van der Waals surface area contributed by atoms with Crippen molar-refractivity contribution < 1.29 is 0 Å². The molecule has 0 saturated carbocycles. The molecule has 8 nitrogen and oxygen atoms in total. The molecule has 0 bridgehead atoms. The van der Waals surface area contributed by atoms with Crippen LogP contribution in [0.15, 0.2) is 53.8 Å². The van der Waals surface area contributed by atoms with Crippen molar-refractivity contribution in [2.75, 3.05) is 36.0 Å². The van der Waals surface area contributed by atoms with Gasteiger partial charge >= 0.3 is 0 Å². The quantitative estimate of drug-likeness (QED) is 0.592. The Morgan fingerprint density at radius 2 is 1.61 bits per heavy atom. The van der Waals surface area contributed by atoms with Crippen LogP contribution in [0, 0.1) is 0 Å². The van der Waals surface area contributed by atoms with E-state index in [4.69, 9.17) is 4.98 Å². The van der Waals surface area contributed by atoms with Crippen LogP contribution in [0.5, 0.6) is 0 Å². The summed E-state index contributed by atoms with van der Waals surface area (Å²) in [4.78, 5) is 34.2. The molecule has 3 aromatic heterocycles. The third-order valence-electron chi connectivity index (χ3n) is 4.61. The Bertz CT molecular complexity index is 944. The maximum absolute atomic E-state index is 12.5. The van der Waals surface area contributed by atoms with Crippen LogP contribution in [-0.4, -0.2) is 50.7 Å². The Morgan fingerprint density at radius 1 is 0.964 bits per heavy atom. The smallest absolute Gasteiger partial charge is 0.255 e. The molecule has 0 aliphatic carbocycles. The van der Waals surface area contributed by atoms with E-state index in [1.54, 1.807) is 48.5 Å². The molecule has 0 amide bonds. The molecular formula is C20H25N7O. The number of pyridine rings is 1. The van der Waals surface area contributed by atoms with Crippen molar-refractivity contribution in [1.29, 1.82) is 0 Å². The number of hydrogen-bond donors (Lipinski definition) is 0. The Kier molecular flexibility index (Phi) is 6.31. The number of anilines is 2. The highest BCUT2D eigenvalue weighted by Gasteiger charge is 2.15. The zero-order valence-electron chi connectivity index (χ0n) is 16.5. The van der Waals surface area contributed by atoms with Gasteiger partial charge in [0, 0.05) is 69.6 Å². The van der Waals surface area contributed by atoms with Gasteiger partial charge in [-0.25, -0.2) is 15.0 Å². The van der Waals surface area contributed by atoms with E-state index in [-0.39, 0.29) is 5.56 Å². The van der Waals surface area contributed by atoms with Crippen molar-refractivity contribution in [2.45, 2.75) is 13.8 Å². The van der Waals surface area contributed by atoms with Crippen LogP contribution < -0.4 is 15.4 Å². The third-order valence-corrected chi connectivity index (χ3v) is 4.61. The molecule has 0 unspecified atom stereocenters. The maximum Gasteiger partial charge on any atom is 0.255 e. The largest absolute Gasteiger partial charge is 0.341 e. The van der Waals surface area contributed by atoms with Crippen molar-refractivity contribution in [3.8, 4) is 11.3 Å². The average molecular weight is 379 g/mol. The first-order valence-electron chi connectivity index (χ1n) is 9.39. The van der Waals surface area contributed by atoms with Gasteiger partial charge in [-0.2, -0.15) is 0 Å².